The van der Waals surface area contributed by atoms with Crippen molar-refractivity contribution >= 4 is 21.6 Å². The average molecular weight is 216 g/mol. The summed E-state index contributed by atoms with van der Waals surface area (Å²) < 4.78 is 0.942. The summed E-state index contributed by atoms with van der Waals surface area (Å²) in [5.74, 6) is 5.25. The Hall–Kier alpha value is -0.580. The topological polar surface area (TPSA) is 64.1 Å². The van der Waals surface area contributed by atoms with Crippen molar-refractivity contribution in [3.63, 3.8) is 0 Å². The van der Waals surface area contributed by atoms with Gasteiger partial charge in [-0.05, 0) is 33.6 Å². The van der Waals surface area contributed by atoms with E-state index in [0.29, 0.717) is 6.54 Å². The molecule has 0 aliphatic heterocycles. The molecule has 0 amide bonds. The van der Waals surface area contributed by atoms with Crippen LogP contribution in [0.4, 0.5) is 5.69 Å². The van der Waals surface area contributed by atoms with Crippen LogP contribution in [0.3, 0.4) is 0 Å². The van der Waals surface area contributed by atoms with Crippen LogP contribution in [0.15, 0.2) is 22.7 Å². The molecule has 0 radical (unpaired) electrons. The molecule has 0 unspecified atom stereocenters. The van der Waals surface area contributed by atoms with Crippen molar-refractivity contribution in [2.45, 2.75) is 6.54 Å². The van der Waals surface area contributed by atoms with Crippen molar-refractivity contribution in [1.82, 2.24) is 0 Å². The minimum absolute atomic E-state index is 0.530. The van der Waals surface area contributed by atoms with E-state index in [1.807, 2.05) is 18.2 Å². The number of benzene rings is 1. The van der Waals surface area contributed by atoms with E-state index in [-0.39, 0.29) is 0 Å². The van der Waals surface area contributed by atoms with Crippen LogP contribution < -0.4 is 17.0 Å². The molecule has 5 N–H and O–H groups in total. The van der Waals surface area contributed by atoms with Crippen LogP contribution in [-0.2, 0) is 6.54 Å². The van der Waals surface area contributed by atoms with Crippen LogP contribution in [0.1, 0.15) is 5.56 Å². The van der Waals surface area contributed by atoms with Crippen LogP contribution >= 0.6 is 15.9 Å². The van der Waals surface area contributed by atoms with E-state index in [1.54, 1.807) is 0 Å². The quantitative estimate of drug-likeness (QED) is 0.514. The lowest BCUT2D eigenvalue weighted by Gasteiger charge is -2.04. The van der Waals surface area contributed by atoms with Crippen LogP contribution in [0.25, 0.3) is 0 Å². The van der Waals surface area contributed by atoms with E-state index in [0.717, 1.165) is 15.7 Å². The van der Waals surface area contributed by atoms with Gasteiger partial charge in [-0.3, -0.25) is 5.84 Å². The van der Waals surface area contributed by atoms with Gasteiger partial charge in [0.25, 0.3) is 0 Å². The molecular weight excluding hydrogens is 206 g/mol. The van der Waals surface area contributed by atoms with Crippen molar-refractivity contribution in [3.05, 3.63) is 28.2 Å². The van der Waals surface area contributed by atoms with E-state index in [4.69, 9.17) is 11.6 Å². The van der Waals surface area contributed by atoms with Gasteiger partial charge in [0.15, 0.2) is 0 Å². The third kappa shape index (κ3) is 1.92. The van der Waals surface area contributed by atoms with E-state index in [9.17, 15) is 0 Å². The molecule has 11 heavy (non-hydrogen) atoms. The molecule has 1 aromatic rings. The third-order valence-corrected chi connectivity index (χ3v) is 2.11. The average Bonchev–Trinajstić information content (AvgIpc) is 2.05. The summed E-state index contributed by atoms with van der Waals surface area (Å²) in [5, 5.41) is 0. The molecule has 0 aliphatic carbocycles. The van der Waals surface area contributed by atoms with Gasteiger partial charge in [0, 0.05) is 11.0 Å². The molecule has 0 atom stereocenters. The Morgan fingerprint density at radius 1 is 1.45 bits per heavy atom. The Bertz CT molecular complexity index is 249. The number of nitrogens with two attached hydrogens (primary N) is 2. The predicted molar refractivity (Wildman–Crippen MR) is 49.8 cm³/mol. The highest BCUT2D eigenvalue weighted by Gasteiger charge is 1.97. The predicted octanol–water partition coefficient (Wildman–Crippen LogP) is 1.19. The first-order valence-electron chi connectivity index (χ1n) is 3.23. The summed E-state index contributed by atoms with van der Waals surface area (Å²) in [7, 11) is 0. The van der Waals surface area contributed by atoms with Gasteiger partial charge in [-0.1, -0.05) is 6.07 Å². The van der Waals surface area contributed by atoms with Crippen molar-refractivity contribution in [3.8, 4) is 0 Å². The van der Waals surface area contributed by atoms with Crippen molar-refractivity contribution in [2.75, 3.05) is 5.43 Å². The lowest BCUT2D eigenvalue weighted by Crippen LogP contribution is -2.08. The molecule has 0 fully saturated rings. The first-order chi connectivity index (χ1) is 5.27. The highest BCUT2D eigenvalue weighted by molar-refractivity contribution is 9.10. The Morgan fingerprint density at radius 3 is 2.73 bits per heavy atom. The van der Waals surface area contributed by atoms with Gasteiger partial charge in [-0.25, -0.2) is 0 Å². The smallest absolute Gasteiger partial charge is 0.0630 e. The van der Waals surface area contributed by atoms with Gasteiger partial charge in [-0.2, -0.15) is 0 Å². The van der Waals surface area contributed by atoms with Gasteiger partial charge >= 0.3 is 0 Å². The summed E-state index contributed by atoms with van der Waals surface area (Å²) >= 11 is 3.34. The fraction of sp³-hybridized carbons (Fsp3) is 0.143. The van der Waals surface area contributed by atoms with Crippen LogP contribution in [0.2, 0.25) is 0 Å². The monoisotopic (exact) mass is 215 g/mol. The molecule has 0 heterocycles. The van der Waals surface area contributed by atoms with Gasteiger partial charge in [0.2, 0.25) is 0 Å². The lowest BCUT2D eigenvalue weighted by atomic mass is 10.2. The number of halogens is 1. The minimum atomic E-state index is 0.530. The Balaban J connectivity index is 3.02. The first-order valence-corrected chi connectivity index (χ1v) is 4.02. The molecule has 0 aromatic heterocycles. The SMILES string of the molecule is NCc1ccc(Br)c(NN)c1. The van der Waals surface area contributed by atoms with Gasteiger partial charge < -0.3 is 11.2 Å². The standard InChI is InChI=1S/C7H10BrN3/c8-6-2-1-5(4-9)3-7(6)11-10/h1-3,11H,4,9-10H2. The Labute approximate surface area is 73.9 Å². The number of nitrogen functional groups attached to an aromatic ring is 1. The number of rotatable bonds is 2. The number of hydrogen-bond acceptors (Lipinski definition) is 3. The molecule has 1 aromatic carbocycles. The number of hydrazine groups is 1. The summed E-state index contributed by atoms with van der Waals surface area (Å²) in [6.07, 6.45) is 0. The summed E-state index contributed by atoms with van der Waals surface area (Å²) in [4.78, 5) is 0. The third-order valence-electron chi connectivity index (χ3n) is 1.42. The number of nitrogens with one attached hydrogen (secondary N) is 1. The Morgan fingerprint density at radius 2 is 2.18 bits per heavy atom. The fourth-order valence-corrected chi connectivity index (χ4v) is 1.17. The van der Waals surface area contributed by atoms with Crippen LogP contribution in [0.5, 0.6) is 0 Å². The number of hydrogen-bond donors (Lipinski definition) is 3. The molecule has 0 saturated carbocycles. The second kappa shape index (κ2) is 3.71. The molecular formula is C7H10BrN3. The Kier molecular flexibility index (Phi) is 2.87. The van der Waals surface area contributed by atoms with E-state index in [1.165, 1.54) is 0 Å². The van der Waals surface area contributed by atoms with Gasteiger partial charge in [0.05, 0.1) is 5.69 Å². The van der Waals surface area contributed by atoms with E-state index >= 15 is 0 Å². The van der Waals surface area contributed by atoms with Gasteiger partial charge in [0.1, 0.15) is 0 Å². The first kappa shape index (κ1) is 8.52. The zero-order valence-electron chi connectivity index (χ0n) is 5.97. The molecule has 1 rings (SSSR count). The minimum Gasteiger partial charge on any atom is -0.326 e. The van der Waals surface area contributed by atoms with Crippen LogP contribution in [0, 0.1) is 0 Å². The molecule has 4 heteroatoms. The maximum absolute atomic E-state index is 5.44. The normalized spacial score (nSPS) is 9.73. The molecule has 3 nitrogen and oxygen atoms in total. The fourth-order valence-electron chi connectivity index (χ4n) is 0.810. The zero-order valence-corrected chi connectivity index (χ0v) is 7.56. The maximum atomic E-state index is 5.44. The second-order valence-corrected chi connectivity index (χ2v) is 3.02. The summed E-state index contributed by atoms with van der Waals surface area (Å²) in [6, 6.07) is 5.77. The van der Waals surface area contributed by atoms with E-state index in [2.05, 4.69) is 21.4 Å². The molecule has 0 spiro atoms. The zero-order chi connectivity index (χ0) is 8.27. The highest BCUT2D eigenvalue weighted by Crippen LogP contribution is 2.22. The van der Waals surface area contributed by atoms with Crippen molar-refractivity contribution in [2.24, 2.45) is 11.6 Å². The van der Waals surface area contributed by atoms with Crippen molar-refractivity contribution in [1.29, 1.82) is 0 Å². The second-order valence-electron chi connectivity index (χ2n) is 2.16. The molecule has 0 bridgehead atoms. The molecule has 0 aliphatic rings. The van der Waals surface area contributed by atoms with Gasteiger partial charge in [-0.15, -0.1) is 0 Å². The maximum Gasteiger partial charge on any atom is 0.0630 e. The van der Waals surface area contributed by atoms with Crippen molar-refractivity contribution < 1.29 is 0 Å². The molecule has 60 valence electrons. The lowest BCUT2D eigenvalue weighted by molar-refractivity contribution is 1.07. The summed E-state index contributed by atoms with van der Waals surface area (Å²) in [6.45, 7) is 0.530. The van der Waals surface area contributed by atoms with E-state index < -0.39 is 0 Å². The summed E-state index contributed by atoms with van der Waals surface area (Å²) in [5.41, 5.74) is 9.92. The number of anilines is 1. The highest BCUT2D eigenvalue weighted by atomic mass is 79.9. The largest absolute Gasteiger partial charge is 0.326 e. The van der Waals surface area contributed by atoms with Crippen LogP contribution in [-0.4, -0.2) is 0 Å². The molecule has 0 saturated heterocycles.